The van der Waals surface area contributed by atoms with E-state index in [1.165, 1.54) is 32.1 Å². The quantitative estimate of drug-likeness (QED) is 0.929. The van der Waals surface area contributed by atoms with Crippen LogP contribution in [0, 0.1) is 5.92 Å². The molecule has 4 nitrogen and oxygen atoms in total. The van der Waals surface area contributed by atoms with Gasteiger partial charge in [0.2, 0.25) is 0 Å². The van der Waals surface area contributed by atoms with Crippen LogP contribution in [0.15, 0.2) is 29.3 Å². The van der Waals surface area contributed by atoms with Gasteiger partial charge in [0.05, 0.1) is 19.2 Å². The van der Waals surface area contributed by atoms with Crippen molar-refractivity contribution in [1.29, 1.82) is 0 Å². The molecule has 1 fully saturated rings. The molecule has 2 unspecified atom stereocenters. The number of aliphatic imine (C=N–C) groups is 1. The fourth-order valence-electron chi connectivity index (χ4n) is 3.91. The summed E-state index contributed by atoms with van der Waals surface area (Å²) in [4.78, 5) is 6.84. The summed E-state index contributed by atoms with van der Waals surface area (Å²) in [6.07, 6.45) is 6.24. The predicted molar refractivity (Wildman–Crippen MR) is 86.9 cm³/mol. The molecule has 21 heavy (non-hydrogen) atoms. The third-order valence-corrected chi connectivity index (χ3v) is 5.07. The van der Waals surface area contributed by atoms with Crippen LogP contribution in [-0.4, -0.2) is 25.2 Å². The first kappa shape index (κ1) is 14.2. The van der Waals surface area contributed by atoms with Gasteiger partial charge in [-0.25, -0.2) is 0 Å². The molecule has 0 saturated heterocycles. The van der Waals surface area contributed by atoms with Crippen LogP contribution in [-0.2, 0) is 0 Å². The van der Waals surface area contributed by atoms with Gasteiger partial charge in [-0.3, -0.25) is 4.99 Å². The molecule has 1 heterocycles. The number of methoxy groups -OCH3 is 1. The fourth-order valence-corrected chi connectivity index (χ4v) is 3.91. The van der Waals surface area contributed by atoms with Gasteiger partial charge in [0.15, 0.2) is 5.96 Å². The van der Waals surface area contributed by atoms with E-state index >= 15 is 0 Å². The second kappa shape index (κ2) is 5.58. The highest BCUT2D eigenvalue weighted by molar-refractivity contribution is 5.98. The minimum atomic E-state index is 0.0948. The zero-order valence-electron chi connectivity index (χ0n) is 13.0. The molecular formula is C17H25N3O. The van der Waals surface area contributed by atoms with E-state index < -0.39 is 0 Å². The average Bonchev–Trinajstić information content (AvgIpc) is 2.83. The molecule has 0 radical (unpaired) electrons. The van der Waals surface area contributed by atoms with Gasteiger partial charge >= 0.3 is 0 Å². The Morgan fingerprint density at radius 3 is 2.81 bits per heavy atom. The van der Waals surface area contributed by atoms with E-state index in [0.29, 0.717) is 5.96 Å². The van der Waals surface area contributed by atoms with Crippen LogP contribution in [0.3, 0.4) is 0 Å². The van der Waals surface area contributed by atoms with Gasteiger partial charge in [-0.1, -0.05) is 26.2 Å². The Hall–Kier alpha value is -1.71. The number of benzene rings is 1. The molecule has 1 aromatic carbocycles. The largest absolute Gasteiger partial charge is 0.497 e. The number of anilines is 1. The number of hydrogen-bond acceptors (Lipinski definition) is 4. The Bertz CT molecular complexity index is 525. The van der Waals surface area contributed by atoms with E-state index in [4.69, 9.17) is 10.5 Å². The normalized spacial score (nSPS) is 28.8. The van der Waals surface area contributed by atoms with Crippen molar-refractivity contribution in [2.45, 2.75) is 44.6 Å². The Kier molecular flexibility index (Phi) is 3.79. The number of nitrogens with zero attached hydrogens (tertiary/aromatic N) is 2. The highest BCUT2D eigenvalue weighted by Crippen LogP contribution is 2.43. The summed E-state index contributed by atoms with van der Waals surface area (Å²) in [5.74, 6) is 2.33. The van der Waals surface area contributed by atoms with Gasteiger partial charge < -0.3 is 15.4 Å². The molecule has 2 aliphatic rings. The van der Waals surface area contributed by atoms with Crippen LogP contribution < -0.4 is 15.4 Å². The molecule has 0 aromatic heterocycles. The van der Waals surface area contributed by atoms with E-state index in [2.05, 4.69) is 28.9 Å². The summed E-state index contributed by atoms with van der Waals surface area (Å²) >= 11 is 0. The van der Waals surface area contributed by atoms with Gasteiger partial charge in [-0.05, 0) is 43.0 Å². The maximum absolute atomic E-state index is 6.22. The van der Waals surface area contributed by atoms with Crippen LogP contribution in [0.5, 0.6) is 5.75 Å². The predicted octanol–water partition coefficient (Wildman–Crippen LogP) is 3.17. The zero-order valence-corrected chi connectivity index (χ0v) is 13.0. The lowest BCUT2D eigenvalue weighted by molar-refractivity contribution is 0.235. The molecule has 1 aliphatic heterocycles. The maximum Gasteiger partial charge on any atom is 0.196 e. The van der Waals surface area contributed by atoms with Gasteiger partial charge in [-0.15, -0.1) is 0 Å². The number of nitrogens with two attached hydrogens (primary N) is 1. The van der Waals surface area contributed by atoms with Crippen LogP contribution in [0.4, 0.5) is 5.69 Å². The van der Waals surface area contributed by atoms with Crippen LogP contribution in [0.2, 0.25) is 0 Å². The zero-order chi connectivity index (χ0) is 14.9. The minimum Gasteiger partial charge on any atom is -0.497 e. The molecule has 0 bridgehead atoms. The van der Waals surface area contributed by atoms with E-state index in [-0.39, 0.29) is 5.54 Å². The van der Waals surface area contributed by atoms with Gasteiger partial charge in [0.25, 0.3) is 0 Å². The Morgan fingerprint density at radius 1 is 1.38 bits per heavy atom. The first-order valence-corrected chi connectivity index (χ1v) is 7.93. The van der Waals surface area contributed by atoms with Crippen LogP contribution in [0.25, 0.3) is 0 Å². The lowest BCUT2D eigenvalue weighted by Crippen LogP contribution is -2.54. The summed E-state index contributed by atoms with van der Waals surface area (Å²) in [5, 5.41) is 0. The number of ether oxygens (including phenoxy) is 1. The average molecular weight is 287 g/mol. The van der Waals surface area contributed by atoms with Crippen molar-refractivity contribution >= 4 is 11.6 Å². The first-order chi connectivity index (χ1) is 10.2. The molecule has 4 heteroatoms. The van der Waals surface area contributed by atoms with Crippen molar-refractivity contribution in [3.05, 3.63) is 24.3 Å². The first-order valence-electron chi connectivity index (χ1n) is 7.93. The monoisotopic (exact) mass is 287 g/mol. The molecule has 2 N–H and O–H groups in total. The maximum atomic E-state index is 6.22. The molecular weight excluding hydrogens is 262 g/mol. The Labute approximate surface area is 127 Å². The topological polar surface area (TPSA) is 50.8 Å². The van der Waals surface area contributed by atoms with Crippen molar-refractivity contribution in [1.82, 2.24) is 0 Å². The highest BCUT2D eigenvalue weighted by Gasteiger charge is 2.45. The molecule has 114 valence electrons. The van der Waals surface area contributed by atoms with Crippen molar-refractivity contribution in [2.75, 3.05) is 18.6 Å². The molecule has 2 atom stereocenters. The van der Waals surface area contributed by atoms with Crippen molar-refractivity contribution in [3.8, 4) is 5.75 Å². The minimum absolute atomic E-state index is 0.0948. The lowest BCUT2D eigenvalue weighted by Gasteiger charge is -2.44. The lowest BCUT2D eigenvalue weighted by atomic mass is 9.74. The van der Waals surface area contributed by atoms with Gasteiger partial charge in [-0.2, -0.15) is 0 Å². The number of rotatable bonds is 3. The molecule has 1 aromatic rings. The smallest absolute Gasteiger partial charge is 0.196 e. The van der Waals surface area contributed by atoms with Crippen LogP contribution >= 0.6 is 0 Å². The Morgan fingerprint density at radius 2 is 2.14 bits per heavy atom. The van der Waals surface area contributed by atoms with Crippen LogP contribution in [0.1, 0.15) is 39.0 Å². The SMILES string of the molecule is CCC1CCCC2(CN=C(N)N2c2ccc(OC)cc2)C1. The summed E-state index contributed by atoms with van der Waals surface area (Å²) in [7, 11) is 1.69. The standard InChI is InChI=1S/C17H25N3O/c1-3-13-5-4-10-17(11-13)12-19-16(18)20(17)14-6-8-15(21-2)9-7-14/h6-9,13H,3-5,10-12H2,1-2H3,(H2,18,19). The number of hydrogen-bond donors (Lipinski definition) is 1. The summed E-state index contributed by atoms with van der Waals surface area (Å²) in [6, 6.07) is 8.16. The Balaban J connectivity index is 1.91. The third-order valence-electron chi connectivity index (χ3n) is 5.07. The molecule has 0 amide bonds. The van der Waals surface area contributed by atoms with Crippen molar-refractivity contribution < 1.29 is 4.74 Å². The van der Waals surface area contributed by atoms with E-state index in [1.54, 1.807) is 7.11 Å². The van der Waals surface area contributed by atoms with E-state index in [0.717, 1.165) is 23.9 Å². The number of guanidine groups is 1. The summed E-state index contributed by atoms with van der Waals surface area (Å²) < 4.78 is 5.25. The molecule has 3 rings (SSSR count). The van der Waals surface area contributed by atoms with Crippen molar-refractivity contribution in [2.24, 2.45) is 16.6 Å². The van der Waals surface area contributed by atoms with Gasteiger partial charge in [0, 0.05) is 5.69 Å². The fraction of sp³-hybridized carbons (Fsp3) is 0.588. The van der Waals surface area contributed by atoms with E-state index in [1.807, 2.05) is 12.1 Å². The van der Waals surface area contributed by atoms with Gasteiger partial charge in [0.1, 0.15) is 5.75 Å². The third kappa shape index (κ3) is 2.47. The summed E-state index contributed by atoms with van der Waals surface area (Å²) in [6.45, 7) is 3.13. The van der Waals surface area contributed by atoms with Crippen molar-refractivity contribution in [3.63, 3.8) is 0 Å². The molecule has 1 saturated carbocycles. The van der Waals surface area contributed by atoms with E-state index in [9.17, 15) is 0 Å². The second-order valence-corrected chi connectivity index (χ2v) is 6.30. The highest BCUT2D eigenvalue weighted by atomic mass is 16.5. The molecule has 1 spiro atoms. The molecule has 1 aliphatic carbocycles. The second-order valence-electron chi connectivity index (χ2n) is 6.30. The summed E-state index contributed by atoms with van der Waals surface area (Å²) in [5.41, 5.74) is 7.44.